The van der Waals surface area contributed by atoms with Crippen LogP contribution < -0.4 is 15.4 Å². The van der Waals surface area contributed by atoms with Crippen LogP contribution in [0.2, 0.25) is 0 Å². The summed E-state index contributed by atoms with van der Waals surface area (Å²) in [5.41, 5.74) is -0.316. The third-order valence-corrected chi connectivity index (χ3v) is 11.2. The maximum atomic E-state index is 14.2. The molecule has 1 aromatic heterocycles. The molecule has 0 spiro atoms. The monoisotopic (exact) mass is 698 g/mol. The van der Waals surface area contributed by atoms with Gasteiger partial charge in [-0.15, -0.1) is 13.2 Å². The van der Waals surface area contributed by atoms with Crippen LogP contribution in [0.15, 0.2) is 55.8 Å². The molecule has 5 rings (SSSR count). The van der Waals surface area contributed by atoms with Crippen molar-refractivity contribution in [3.05, 3.63) is 67.3 Å². The normalized spacial score (nSPS) is 24.4. The molecule has 1 aromatic carbocycles. The molecule has 3 saturated carbocycles. The van der Waals surface area contributed by atoms with Gasteiger partial charge in [0.1, 0.15) is 17.5 Å². The minimum atomic E-state index is -3.88. The maximum Gasteiger partial charge on any atom is 0.411 e. The highest BCUT2D eigenvalue weighted by Gasteiger charge is 2.62. The lowest BCUT2D eigenvalue weighted by molar-refractivity contribution is -0.140. The second-order valence-electron chi connectivity index (χ2n) is 13.1. The summed E-state index contributed by atoms with van der Waals surface area (Å²) < 4.78 is 48.6. The summed E-state index contributed by atoms with van der Waals surface area (Å²) in [6.45, 7) is 9.66. The lowest BCUT2D eigenvalue weighted by Crippen LogP contribution is -2.54. The van der Waals surface area contributed by atoms with Crippen LogP contribution in [0.25, 0.3) is 5.69 Å². The number of sulfonamides is 1. The summed E-state index contributed by atoms with van der Waals surface area (Å²) in [6, 6.07) is 5.58. The number of allylic oxidation sites excluding steroid dienone is 1. The average molecular weight is 699 g/mol. The van der Waals surface area contributed by atoms with E-state index in [1.807, 2.05) is 0 Å². The molecule has 0 aliphatic heterocycles. The molecule has 3 N–H and O–H groups in total. The minimum absolute atomic E-state index is 0.0236. The van der Waals surface area contributed by atoms with Crippen molar-refractivity contribution in [2.24, 2.45) is 17.8 Å². The van der Waals surface area contributed by atoms with Gasteiger partial charge in [-0.25, -0.2) is 22.3 Å². The number of nitrogens with one attached hydrogen (secondary N) is 3. The van der Waals surface area contributed by atoms with Gasteiger partial charge in [-0.05, 0) is 82.6 Å². The predicted octanol–water partition coefficient (Wildman–Crippen LogP) is 3.75. The predicted molar refractivity (Wildman–Crippen MR) is 179 cm³/mol. The number of hydrogen-bond acceptors (Lipinski definition) is 8. The minimum Gasteiger partial charge on any atom is -0.446 e. The molecule has 3 fully saturated rings. The van der Waals surface area contributed by atoms with E-state index in [0.717, 1.165) is 18.9 Å². The molecule has 5 atom stereocenters. The van der Waals surface area contributed by atoms with Crippen molar-refractivity contribution >= 4 is 39.5 Å². The molecular formula is C34H43FN6O7S. The van der Waals surface area contributed by atoms with Crippen molar-refractivity contribution in [1.29, 1.82) is 0 Å². The number of carbonyl (C=O) groups is 4. The summed E-state index contributed by atoms with van der Waals surface area (Å²) in [5, 5.41) is 8.99. The van der Waals surface area contributed by atoms with Crippen LogP contribution >= 0.6 is 0 Å². The quantitative estimate of drug-likeness (QED) is 0.187. The molecule has 0 bridgehead atoms. The van der Waals surface area contributed by atoms with Gasteiger partial charge >= 0.3 is 6.09 Å². The fraction of sp³-hybridized carbons (Fsp3) is 0.500. The zero-order valence-corrected chi connectivity index (χ0v) is 28.5. The number of benzene rings is 1. The molecular weight excluding hydrogens is 655 g/mol. The van der Waals surface area contributed by atoms with Crippen LogP contribution in [0.5, 0.6) is 0 Å². The number of aryl methyl sites for hydroxylation is 1. The van der Waals surface area contributed by atoms with E-state index in [4.69, 9.17) is 4.74 Å². The molecule has 3 aliphatic carbocycles. The van der Waals surface area contributed by atoms with Crippen LogP contribution in [0.4, 0.5) is 14.9 Å². The number of aromatic nitrogens is 2. The van der Waals surface area contributed by atoms with E-state index in [1.54, 1.807) is 32.3 Å². The number of anilines is 1. The number of hydrogen-bond donors (Lipinski definition) is 3. The Morgan fingerprint density at radius 3 is 2.51 bits per heavy atom. The fourth-order valence-corrected chi connectivity index (χ4v) is 7.72. The smallest absolute Gasteiger partial charge is 0.411 e. The molecule has 264 valence electrons. The number of carbonyl (C=O) groups excluding carboxylic acids is 4. The van der Waals surface area contributed by atoms with Gasteiger partial charge in [-0.1, -0.05) is 12.2 Å². The van der Waals surface area contributed by atoms with Gasteiger partial charge in [0.25, 0.3) is 5.91 Å². The number of unbranched alkanes of at least 4 members (excludes halogenated alkanes) is 2. The highest BCUT2D eigenvalue weighted by molar-refractivity contribution is 7.91. The highest BCUT2D eigenvalue weighted by Crippen LogP contribution is 2.46. The molecule has 0 radical (unpaired) electrons. The van der Waals surface area contributed by atoms with Crippen LogP contribution in [0.3, 0.4) is 0 Å². The van der Waals surface area contributed by atoms with E-state index < -0.39 is 68.4 Å². The first-order chi connectivity index (χ1) is 23.3. The lowest BCUT2D eigenvalue weighted by Gasteiger charge is -2.26. The Bertz CT molecular complexity index is 1740. The number of rotatable bonds is 15. The van der Waals surface area contributed by atoms with E-state index >= 15 is 0 Å². The van der Waals surface area contributed by atoms with Gasteiger partial charge in [0.15, 0.2) is 0 Å². The Hall–Kier alpha value is -4.53. The van der Waals surface area contributed by atoms with Crippen molar-refractivity contribution in [3.63, 3.8) is 0 Å². The van der Waals surface area contributed by atoms with Gasteiger partial charge in [0.2, 0.25) is 21.8 Å². The standard InChI is InChI=1S/C34H43FN6O7S/c1-5-7-8-9-15-40(4)31(43)27-19-24(48-33(45)36-28-17-23(35)10-13-29(28)41-16-14-21(3)38-41)18-26(27)30(42)37-34(20-22(34)6-2)32(44)39-49(46,47)25-11-12-25/h5-6,10,13-14,16-17,22,24-27H,1-2,7-9,11-12,15,18-20H2,3-4H3,(H,36,45)(H,37,42)(H,39,44). The molecule has 13 nitrogen and oxygen atoms in total. The van der Waals surface area contributed by atoms with Crippen molar-refractivity contribution in [2.45, 2.75) is 75.2 Å². The summed E-state index contributed by atoms with van der Waals surface area (Å²) in [6.07, 6.45) is 6.53. The third kappa shape index (κ3) is 8.20. The first kappa shape index (κ1) is 35.8. The molecule has 4 amide bonds. The summed E-state index contributed by atoms with van der Waals surface area (Å²) in [4.78, 5) is 55.6. The van der Waals surface area contributed by atoms with Gasteiger partial charge in [0, 0.05) is 25.7 Å². The van der Waals surface area contributed by atoms with Gasteiger partial charge in [0.05, 0.1) is 34.2 Å². The maximum absolute atomic E-state index is 14.2. The highest BCUT2D eigenvalue weighted by atomic mass is 32.2. The SMILES string of the molecule is C=CCCCCN(C)C(=O)C1CC(OC(=O)Nc2cc(F)ccc2-n2ccc(C)n2)CC1C(=O)NC1(C(=O)NS(=O)(=O)C2CC2)CC1C=C. The van der Waals surface area contributed by atoms with Crippen LogP contribution in [0, 0.1) is 30.5 Å². The van der Waals surface area contributed by atoms with E-state index in [0.29, 0.717) is 37.2 Å². The van der Waals surface area contributed by atoms with Gasteiger partial charge in [-0.3, -0.25) is 24.4 Å². The zero-order chi connectivity index (χ0) is 35.5. The summed E-state index contributed by atoms with van der Waals surface area (Å²) in [7, 11) is -2.24. The van der Waals surface area contributed by atoms with Crippen molar-refractivity contribution < 1.29 is 36.7 Å². The Balaban J connectivity index is 1.32. The Labute approximate surface area is 285 Å². The van der Waals surface area contributed by atoms with E-state index in [2.05, 4.69) is 33.6 Å². The Kier molecular flexibility index (Phi) is 10.6. The van der Waals surface area contributed by atoms with Crippen molar-refractivity contribution in [2.75, 3.05) is 18.9 Å². The molecule has 0 saturated heterocycles. The van der Waals surface area contributed by atoms with Crippen LogP contribution in [-0.2, 0) is 29.1 Å². The Morgan fingerprint density at radius 2 is 1.88 bits per heavy atom. The first-order valence-corrected chi connectivity index (χ1v) is 18.0. The second-order valence-corrected chi connectivity index (χ2v) is 15.1. The molecule has 49 heavy (non-hydrogen) atoms. The number of amides is 4. The number of nitrogens with zero attached hydrogens (tertiary/aromatic N) is 3. The zero-order valence-electron chi connectivity index (χ0n) is 27.7. The molecule has 2 aromatic rings. The molecule has 15 heteroatoms. The lowest BCUT2D eigenvalue weighted by atomic mass is 9.93. The molecule has 3 aliphatic rings. The fourth-order valence-electron chi connectivity index (χ4n) is 6.36. The van der Waals surface area contributed by atoms with Gasteiger partial charge in [-0.2, -0.15) is 5.10 Å². The van der Waals surface area contributed by atoms with Crippen LogP contribution in [0.1, 0.15) is 57.1 Å². The van der Waals surface area contributed by atoms with E-state index in [-0.39, 0.29) is 30.9 Å². The average Bonchev–Trinajstić information content (AvgIpc) is 3.95. The second kappa shape index (κ2) is 14.5. The third-order valence-electron chi connectivity index (χ3n) is 9.39. The number of ether oxygens (including phenoxy) is 1. The van der Waals surface area contributed by atoms with Crippen molar-refractivity contribution in [3.8, 4) is 5.69 Å². The van der Waals surface area contributed by atoms with E-state index in [1.165, 1.54) is 27.8 Å². The largest absolute Gasteiger partial charge is 0.446 e. The first-order valence-electron chi connectivity index (χ1n) is 16.4. The van der Waals surface area contributed by atoms with Crippen molar-refractivity contribution in [1.82, 2.24) is 24.7 Å². The molecule has 5 unspecified atom stereocenters. The van der Waals surface area contributed by atoms with E-state index in [9.17, 15) is 32.0 Å². The number of halogens is 1. The Morgan fingerprint density at radius 1 is 1.14 bits per heavy atom. The summed E-state index contributed by atoms with van der Waals surface area (Å²) >= 11 is 0. The van der Waals surface area contributed by atoms with Crippen LogP contribution in [-0.4, -0.2) is 77.4 Å². The molecule has 1 heterocycles. The van der Waals surface area contributed by atoms with Gasteiger partial charge < -0.3 is 15.0 Å². The topological polar surface area (TPSA) is 169 Å². The summed E-state index contributed by atoms with van der Waals surface area (Å²) in [5.74, 6) is -4.78.